The Morgan fingerprint density at radius 2 is 2.24 bits per heavy atom. The molecule has 5 nitrogen and oxygen atoms in total. The van der Waals surface area contributed by atoms with Crippen LogP contribution in [0, 0.1) is 6.92 Å². The molecular weight excluding hydrogens is 216 g/mol. The molecule has 1 aliphatic rings. The number of nitrogens with two attached hydrogens (primary N) is 1. The van der Waals surface area contributed by atoms with Gasteiger partial charge >= 0.3 is 0 Å². The molecule has 0 unspecified atom stereocenters. The van der Waals surface area contributed by atoms with E-state index in [0.717, 1.165) is 29.6 Å². The summed E-state index contributed by atoms with van der Waals surface area (Å²) < 4.78 is 7.33. The van der Waals surface area contributed by atoms with Gasteiger partial charge in [-0.25, -0.2) is 9.97 Å². The third kappa shape index (κ3) is 1.50. The maximum absolute atomic E-state index is 5.99. The number of methoxy groups -OCH3 is 1. The number of aryl methyl sites for hydroxylation is 1. The van der Waals surface area contributed by atoms with Gasteiger partial charge in [-0.3, -0.25) is 4.57 Å². The van der Waals surface area contributed by atoms with E-state index in [0.29, 0.717) is 18.1 Å². The molecule has 2 heterocycles. The number of imidazole rings is 1. The Balaban J connectivity index is 2.05. The fourth-order valence-corrected chi connectivity index (χ4v) is 2.43. The first kappa shape index (κ1) is 10.5. The van der Waals surface area contributed by atoms with Gasteiger partial charge in [0, 0.05) is 19.3 Å². The molecule has 3 rings (SSSR count). The first-order valence-corrected chi connectivity index (χ1v) is 5.82. The highest BCUT2D eigenvalue weighted by atomic mass is 16.5. The van der Waals surface area contributed by atoms with Crippen LogP contribution >= 0.6 is 0 Å². The molecule has 2 aromatic rings. The van der Waals surface area contributed by atoms with Crippen molar-refractivity contribution < 1.29 is 4.74 Å². The zero-order valence-corrected chi connectivity index (χ0v) is 10.1. The van der Waals surface area contributed by atoms with E-state index < -0.39 is 0 Å². The molecule has 0 saturated heterocycles. The van der Waals surface area contributed by atoms with Crippen LogP contribution in [0.4, 0.5) is 5.95 Å². The van der Waals surface area contributed by atoms with Crippen LogP contribution in [0.15, 0.2) is 12.3 Å². The molecule has 1 fully saturated rings. The smallest absolute Gasteiger partial charge is 0.202 e. The number of ether oxygens (including phenoxy) is 1. The first-order chi connectivity index (χ1) is 8.20. The van der Waals surface area contributed by atoms with Gasteiger partial charge in [0.1, 0.15) is 5.52 Å². The van der Waals surface area contributed by atoms with Gasteiger partial charge in [0.2, 0.25) is 5.95 Å². The molecule has 0 radical (unpaired) electrons. The van der Waals surface area contributed by atoms with Gasteiger partial charge in [0.15, 0.2) is 5.65 Å². The molecule has 2 N–H and O–H groups in total. The van der Waals surface area contributed by atoms with Crippen LogP contribution in [0.3, 0.4) is 0 Å². The summed E-state index contributed by atoms with van der Waals surface area (Å²) in [5, 5.41) is 0. The van der Waals surface area contributed by atoms with E-state index in [1.165, 1.54) is 0 Å². The SMILES string of the molecule is COC1CC(n2c(N)nc3c(C)ccnc32)C1. The summed E-state index contributed by atoms with van der Waals surface area (Å²) in [6, 6.07) is 2.33. The van der Waals surface area contributed by atoms with Crippen molar-refractivity contribution in [2.45, 2.75) is 31.9 Å². The van der Waals surface area contributed by atoms with Gasteiger partial charge in [-0.05, 0) is 31.4 Å². The van der Waals surface area contributed by atoms with E-state index in [1.807, 2.05) is 23.8 Å². The van der Waals surface area contributed by atoms with Crippen molar-refractivity contribution in [3.05, 3.63) is 17.8 Å². The third-order valence-corrected chi connectivity index (χ3v) is 3.58. The van der Waals surface area contributed by atoms with E-state index in [-0.39, 0.29) is 0 Å². The van der Waals surface area contributed by atoms with E-state index in [1.54, 1.807) is 7.11 Å². The van der Waals surface area contributed by atoms with Crippen molar-refractivity contribution in [2.75, 3.05) is 12.8 Å². The fraction of sp³-hybridized carbons (Fsp3) is 0.500. The molecule has 0 amide bonds. The number of anilines is 1. The van der Waals surface area contributed by atoms with Crippen LogP contribution in [0.2, 0.25) is 0 Å². The lowest BCUT2D eigenvalue weighted by molar-refractivity contribution is 0.00784. The van der Waals surface area contributed by atoms with Crippen molar-refractivity contribution in [1.82, 2.24) is 14.5 Å². The van der Waals surface area contributed by atoms with Crippen molar-refractivity contribution in [2.24, 2.45) is 0 Å². The highest BCUT2D eigenvalue weighted by molar-refractivity contribution is 5.77. The Hall–Kier alpha value is -1.62. The van der Waals surface area contributed by atoms with E-state index in [9.17, 15) is 0 Å². The Morgan fingerprint density at radius 1 is 1.47 bits per heavy atom. The summed E-state index contributed by atoms with van der Waals surface area (Å²) in [7, 11) is 1.75. The molecule has 0 spiro atoms. The second-order valence-corrected chi connectivity index (χ2v) is 4.62. The summed E-state index contributed by atoms with van der Waals surface area (Å²) in [4.78, 5) is 8.80. The zero-order chi connectivity index (χ0) is 12.0. The second-order valence-electron chi connectivity index (χ2n) is 4.62. The molecule has 1 aliphatic carbocycles. The number of nitrogens with zero attached hydrogens (tertiary/aromatic N) is 3. The van der Waals surface area contributed by atoms with Crippen LogP contribution in [-0.4, -0.2) is 27.7 Å². The zero-order valence-electron chi connectivity index (χ0n) is 10.1. The molecule has 2 aromatic heterocycles. The normalized spacial score (nSPS) is 23.9. The quantitative estimate of drug-likeness (QED) is 0.855. The minimum Gasteiger partial charge on any atom is -0.381 e. The number of hydrogen-bond acceptors (Lipinski definition) is 4. The standard InChI is InChI=1S/C12H16N4O/c1-7-3-4-14-11-10(7)15-12(13)16(11)8-5-9(6-8)17-2/h3-4,8-9H,5-6H2,1-2H3,(H2,13,15). The van der Waals surface area contributed by atoms with Crippen molar-refractivity contribution >= 4 is 17.1 Å². The topological polar surface area (TPSA) is 66.0 Å². The Bertz CT molecular complexity index is 557. The molecule has 0 aromatic carbocycles. The van der Waals surface area contributed by atoms with E-state index >= 15 is 0 Å². The van der Waals surface area contributed by atoms with Crippen LogP contribution in [0.25, 0.3) is 11.2 Å². The summed E-state index contributed by atoms with van der Waals surface area (Å²) in [5.74, 6) is 0.557. The minimum absolute atomic E-state index is 0.349. The van der Waals surface area contributed by atoms with Crippen LogP contribution < -0.4 is 5.73 Å². The Morgan fingerprint density at radius 3 is 2.94 bits per heavy atom. The molecule has 0 aliphatic heterocycles. The molecule has 17 heavy (non-hydrogen) atoms. The maximum Gasteiger partial charge on any atom is 0.202 e. The second kappa shape index (κ2) is 3.70. The first-order valence-electron chi connectivity index (χ1n) is 5.82. The minimum atomic E-state index is 0.349. The van der Waals surface area contributed by atoms with Crippen LogP contribution in [-0.2, 0) is 4.74 Å². The third-order valence-electron chi connectivity index (χ3n) is 3.58. The molecular formula is C12H16N4O. The van der Waals surface area contributed by atoms with Gasteiger partial charge in [0.05, 0.1) is 6.10 Å². The number of rotatable bonds is 2. The predicted molar refractivity (Wildman–Crippen MR) is 65.7 cm³/mol. The number of fused-ring (bicyclic) bond motifs is 1. The molecule has 1 saturated carbocycles. The molecule has 0 atom stereocenters. The van der Waals surface area contributed by atoms with Gasteiger partial charge in [-0.2, -0.15) is 0 Å². The summed E-state index contributed by atoms with van der Waals surface area (Å²) in [5.41, 5.74) is 8.90. The predicted octanol–water partition coefficient (Wildman–Crippen LogP) is 1.67. The largest absolute Gasteiger partial charge is 0.381 e. The number of nitrogen functional groups attached to an aromatic ring is 1. The molecule has 90 valence electrons. The summed E-state index contributed by atoms with van der Waals surface area (Å²) in [6.07, 6.45) is 4.13. The lowest BCUT2D eigenvalue weighted by atomic mass is 9.89. The van der Waals surface area contributed by atoms with Gasteiger partial charge < -0.3 is 10.5 Å². The van der Waals surface area contributed by atoms with Crippen molar-refractivity contribution in [1.29, 1.82) is 0 Å². The Labute approximate surface area is 99.6 Å². The molecule has 5 heteroatoms. The summed E-state index contributed by atoms with van der Waals surface area (Å²) >= 11 is 0. The maximum atomic E-state index is 5.99. The highest BCUT2D eigenvalue weighted by Gasteiger charge is 2.33. The fourth-order valence-electron chi connectivity index (χ4n) is 2.43. The average Bonchev–Trinajstić information content (AvgIpc) is 2.57. The lowest BCUT2D eigenvalue weighted by Gasteiger charge is -2.35. The average molecular weight is 232 g/mol. The van der Waals surface area contributed by atoms with Crippen LogP contribution in [0.5, 0.6) is 0 Å². The van der Waals surface area contributed by atoms with Gasteiger partial charge in [-0.15, -0.1) is 0 Å². The van der Waals surface area contributed by atoms with E-state index in [4.69, 9.17) is 10.5 Å². The van der Waals surface area contributed by atoms with Gasteiger partial charge in [0.25, 0.3) is 0 Å². The summed E-state index contributed by atoms with van der Waals surface area (Å²) in [6.45, 7) is 2.03. The van der Waals surface area contributed by atoms with Crippen molar-refractivity contribution in [3.8, 4) is 0 Å². The number of hydrogen-bond donors (Lipinski definition) is 1. The number of pyridine rings is 1. The molecule has 0 bridgehead atoms. The van der Waals surface area contributed by atoms with Gasteiger partial charge in [-0.1, -0.05) is 0 Å². The number of aromatic nitrogens is 3. The van der Waals surface area contributed by atoms with Crippen LogP contribution in [0.1, 0.15) is 24.4 Å². The monoisotopic (exact) mass is 232 g/mol. The Kier molecular flexibility index (Phi) is 2.29. The lowest BCUT2D eigenvalue weighted by Crippen LogP contribution is -2.33. The van der Waals surface area contributed by atoms with Crippen molar-refractivity contribution in [3.63, 3.8) is 0 Å². The van der Waals surface area contributed by atoms with E-state index in [2.05, 4.69) is 9.97 Å². The highest BCUT2D eigenvalue weighted by Crippen LogP contribution is 2.37.